The molecule has 7 nitrogen and oxygen atoms in total. The van der Waals surface area contributed by atoms with Crippen molar-refractivity contribution in [3.8, 4) is 0 Å². The molecule has 4 bridgehead atoms. The molecule has 0 amide bonds. The minimum Gasteiger partial charge on any atom is -0.456 e. The van der Waals surface area contributed by atoms with Crippen molar-refractivity contribution in [1.29, 1.82) is 0 Å². The van der Waals surface area contributed by atoms with Crippen LogP contribution in [0.5, 0.6) is 0 Å². The van der Waals surface area contributed by atoms with Crippen LogP contribution in [0.1, 0.15) is 51.9 Å². The van der Waals surface area contributed by atoms with Gasteiger partial charge in [0.2, 0.25) is 0 Å². The summed E-state index contributed by atoms with van der Waals surface area (Å²) in [6.45, 7) is 4.98. The second kappa shape index (κ2) is 7.64. The van der Waals surface area contributed by atoms with Crippen molar-refractivity contribution in [3.63, 3.8) is 0 Å². The Morgan fingerprint density at radius 3 is 2.09 bits per heavy atom. The maximum absolute atomic E-state index is 13.7. The summed E-state index contributed by atoms with van der Waals surface area (Å²) in [4.78, 5) is 24.5. The van der Waals surface area contributed by atoms with Gasteiger partial charge in [0.15, 0.2) is 0 Å². The predicted molar refractivity (Wildman–Crippen MR) is 97.8 cm³/mol. The molecule has 3 unspecified atom stereocenters. The number of carbonyl (C=O) groups is 2. The van der Waals surface area contributed by atoms with E-state index < -0.39 is 57.0 Å². The normalized spacial score (nSPS) is 33.0. The fraction of sp³-hybridized carbons (Fsp3) is 0.789. The van der Waals surface area contributed by atoms with Crippen molar-refractivity contribution in [2.24, 2.45) is 17.3 Å². The third kappa shape index (κ3) is 4.63. The lowest BCUT2D eigenvalue weighted by molar-refractivity contribution is -0.261. The number of halogens is 5. The lowest BCUT2D eigenvalue weighted by atomic mass is 9.47. The minimum atomic E-state index is -6.51. The van der Waals surface area contributed by atoms with Gasteiger partial charge in [0.25, 0.3) is 6.10 Å². The Balaban J connectivity index is 1.81. The lowest BCUT2D eigenvalue weighted by Crippen LogP contribution is -2.58. The van der Waals surface area contributed by atoms with Crippen LogP contribution in [-0.2, 0) is 29.2 Å². The second-order valence-corrected chi connectivity index (χ2v) is 10.9. The molecule has 4 aliphatic rings. The molecule has 4 saturated carbocycles. The minimum absolute atomic E-state index is 0.0274. The maximum atomic E-state index is 13.7. The van der Waals surface area contributed by atoms with Gasteiger partial charge in [0.1, 0.15) is 5.60 Å². The highest BCUT2D eigenvalue weighted by molar-refractivity contribution is 7.86. The van der Waals surface area contributed by atoms with Crippen molar-refractivity contribution < 1.29 is 54.0 Å². The van der Waals surface area contributed by atoms with Crippen molar-refractivity contribution in [3.05, 3.63) is 12.2 Å². The molecule has 13 heteroatoms. The van der Waals surface area contributed by atoms with E-state index in [1.807, 2.05) is 0 Å². The van der Waals surface area contributed by atoms with E-state index in [0.29, 0.717) is 25.7 Å². The number of esters is 2. The van der Waals surface area contributed by atoms with Crippen molar-refractivity contribution >= 4 is 22.1 Å². The Kier molecular flexibility index (Phi) is 5.94. The van der Waals surface area contributed by atoms with Crippen LogP contribution in [0.2, 0.25) is 0 Å². The Morgan fingerprint density at radius 1 is 1.12 bits per heavy atom. The van der Waals surface area contributed by atoms with Gasteiger partial charge >= 0.3 is 33.5 Å². The summed E-state index contributed by atoms with van der Waals surface area (Å²) in [6.07, 6.45) is -8.19. The molecule has 1 N–H and O–H groups in total. The van der Waals surface area contributed by atoms with Gasteiger partial charge in [-0.25, -0.2) is 4.79 Å². The van der Waals surface area contributed by atoms with E-state index in [4.69, 9.17) is 9.29 Å². The molecule has 0 spiro atoms. The summed E-state index contributed by atoms with van der Waals surface area (Å²) in [5.41, 5.74) is -1.70. The molecular weight excluding hydrogens is 467 g/mol. The smallest absolute Gasteiger partial charge is 0.432 e. The number of hydrogen-bond acceptors (Lipinski definition) is 6. The molecule has 0 aliphatic heterocycles. The van der Waals surface area contributed by atoms with Gasteiger partial charge in [0, 0.05) is 5.57 Å². The van der Waals surface area contributed by atoms with Gasteiger partial charge in [-0.1, -0.05) is 6.58 Å². The standard InChI is InChI=1S/C19H23F5O7S/c1-10(2)14(26)31-17-6-11-3-12(7-17)5-16(4-11,9-17)8-13(25)30-15(18(20,21)22)19(23,24)32(27,28)29/h11-12,15H,1,3-9H2,2H3,(H,27,28,29). The van der Waals surface area contributed by atoms with Crippen molar-refractivity contribution in [2.75, 3.05) is 0 Å². The summed E-state index contributed by atoms with van der Waals surface area (Å²) in [7, 11) is -6.51. The van der Waals surface area contributed by atoms with Gasteiger partial charge in [0.05, 0.1) is 6.42 Å². The third-order valence-corrected chi connectivity index (χ3v) is 7.40. The molecular formula is C19H23F5O7S. The molecule has 0 aromatic rings. The van der Waals surface area contributed by atoms with Crippen LogP contribution >= 0.6 is 0 Å². The Labute approximate surface area is 181 Å². The topological polar surface area (TPSA) is 107 Å². The van der Waals surface area contributed by atoms with E-state index in [1.54, 1.807) is 0 Å². The first-order valence-electron chi connectivity index (χ1n) is 9.88. The van der Waals surface area contributed by atoms with Crippen molar-refractivity contribution in [1.82, 2.24) is 0 Å². The number of alkyl halides is 5. The molecule has 0 aromatic carbocycles. The maximum Gasteiger partial charge on any atom is 0.432 e. The monoisotopic (exact) mass is 490 g/mol. The van der Waals surface area contributed by atoms with E-state index in [2.05, 4.69) is 11.3 Å². The molecule has 0 saturated heterocycles. The fourth-order valence-electron chi connectivity index (χ4n) is 5.92. The SMILES string of the molecule is C=C(C)C(=O)OC12CC3CC(CC(CC(=O)OC(C(F)(F)F)C(F)(F)S(=O)(=O)O)(C3)C1)C2. The Hall–Kier alpha value is -1.76. The Morgan fingerprint density at radius 2 is 1.66 bits per heavy atom. The van der Waals surface area contributed by atoms with Gasteiger partial charge in [-0.05, 0) is 62.7 Å². The van der Waals surface area contributed by atoms with E-state index >= 15 is 0 Å². The van der Waals surface area contributed by atoms with Crippen LogP contribution in [0.15, 0.2) is 12.2 Å². The highest BCUT2D eigenvalue weighted by Gasteiger charge is 2.66. The molecule has 0 radical (unpaired) electrons. The zero-order valence-corrected chi connectivity index (χ0v) is 17.9. The van der Waals surface area contributed by atoms with Crippen molar-refractivity contribution in [2.45, 2.75) is 75.0 Å². The van der Waals surface area contributed by atoms with Gasteiger partial charge in [-0.15, -0.1) is 0 Å². The summed E-state index contributed by atoms with van der Waals surface area (Å²) in [5, 5.41) is -5.78. The van der Waals surface area contributed by atoms with Gasteiger partial charge in [-0.2, -0.15) is 30.4 Å². The number of carbonyl (C=O) groups excluding carboxylic acids is 2. The molecule has 4 aliphatic carbocycles. The van der Waals surface area contributed by atoms with Crippen LogP contribution in [0.4, 0.5) is 22.0 Å². The first-order valence-corrected chi connectivity index (χ1v) is 11.3. The van der Waals surface area contributed by atoms with Gasteiger partial charge in [-0.3, -0.25) is 9.35 Å². The summed E-state index contributed by atoms with van der Waals surface area (Å²) >= 11 is 0. The van der Waals surface area contributed by atoms with Crippen LogP contribution in [0, 0.1) is 17.3 Å². The average molecular weight is 490 g/mol. The zero-order chi connectivity index (χ0) is 24.3. The third-order valence-electron chi connectivity index (χ3n) is 6.50. The summed E-state index contributed by atoms with van der Waals surface area (Å²) in [6, 6.07) is 0. The Bertz CT molecular complexity index is 913. The number of hydrogen-bond donors (Lipinski definition) is 1. The fourth-order valence-corrected chi connectivity index (χ4v) is 6.37. The first-order chi connectivity index (χ1) is 14.4. The van der Waals surface area contributed by atoms with E-state index in [9.17, 15) is 40.0 Å². The first kappa shape index (κ1) is 24.9. The molecule has 3 atom stereocenters. The molecule has 4 fully saturated rings. The van der Waals surface area contributed by atoms with E-state index in [1.165, 1.54) is 6.92 Å². The summed E-state index contributed by atoms with van der Waals surface area (Å²) in [5.74, 6) is -2.24. The van der Waals surface area contributed by atoms with Gasteiger partial charge < -0.3 is 9.47 Å². The number of ether oxygens (including phenoxy) is 2. The van der Waals surface area contributed by atoms with Crippen LogP contribution in [0.25, 0.3) is 0 Å². The predicted octanol–water partition coefficient (Wildman–Crippen LogP) is 3.79. The lowest BCUT2D eigenvalue weighted by Gasteiger charge is -2.61. The molecule has 4 rings (SSSR count). The van der Waals surface area contributed by atoms with Crippen LogP contribution in [-0.4, -0.2) is 48.0 Å². The quantitative estimate of drug-likeness (QED) is 0.250. The van der Waals surface area contributed by atoms with E-state index in [0.717, 1.165) is 6.42 Å². The highest BCUT2D eigenvalue weighted by atomic mass is 32.2. The average Bonchev–Trinajstić information content (AvgIpc) is 2.55. The van der Waals surface area contributed by atoms with Crippen LogP contribution in [0.3, 0.4) is 0 Å². The van der Waals surface area contributed by atoms with Crippen LogP contribution < -0.4 is 0 Å². The molecule has 0 heterocycles. The van der Waals surface area contributed by atoms with E-state index in [-0.39, 0.29) is 23.8 Å². The highest BCUT2D eigenvalue weighted by Crippen LogP contribution is 2.64. The zero-order valence-electron chi connectivity index (χ0n) is 17.1. The summed E-state index contributed by atoms with van der Waals surface area (Å²) < 4.78 is 106. The molecule has 0 aromatic heterocycles. The molecule has 182 valence electrons. The number of rotatable bonds is 7. The molecule has 32 heavy (non-hydrogen) atoms. The second-order valence-electron chi connectivity index (χ2n) is 9.44. The largest absolute Gasteiger partial charge is 0.456 e.